The molecule has 0 fully saturated rings. The smallest absolute Gasteiger partial charge is 0.137 e. The molecule has 0 bridgehead atoms. The van der Waals surface area contributed by atoms with E-state index in [2.05, 4.69) is 79.8 Å². The SMILES string of the molecule is c1ccc(-c2ccc(-n3c4c(c5c3ccc3c6ccccc6n(-c6ccc(-c7ccccn7)cn6)c35)CCCC4)nc2)nc1. The minimum Gasteiger partial charge on any atom is -0.298 e. The zero-order valence-electron chi connectivity index (χ0n) is 24.1. The molecule has 6 nitrogen and oxygen atoms in total. The van der Waals surface area contributed by atoms with Crippen LogP contribution in [-0.4, -0.2) is 29.1 Å². The molecule has 0 atom stereocenters. The van der Waals surface area contributed by atoms with Crippen LogP contribution >= 0.6 is 0 Å². The second kappa shape index (κ2) is 9.99. The molecular weight excluding hydrogens is 540 g/mol. The number of rotatable bonds is 4. The van der Waals surface area contributed by atoms with Crippen LogP contribution in [0.2, 0.25) is 0 Å². The van der Waals surface area contributed by atoms with E-state index in [1.165, 1.54) is 51.3 Å². The fraction of sp³-hybridized carbons (Fsp3) is 0.105. The van der Waals surface area contributed by atoms with Crippen LogP contribution in [0.25, 0.3) is 66.9 Å². The Morgan fingerprint density at radius 3 is 1.82 bits per heavy atom. The van der Waals surface area contributed by atoms with Crippen LogP contribution in [0.5, 0.6) is 0 Å². The van der Waals surface area contributed by atoms with Crippen LogP contribution < -0.4 is 0 Å². The first-order valence-corrected chi connectivity index (χ1v) is 15.2. The molecule has 6 aromatic heterocycles. The van der Waals surface area contributed by atoms with Crippen molar-refractivity contribution in [3.8, 4) is 34.2 Å². The maximum atomic E-state index is 5.02. The highest BCUT2D eigenvalue weighted by Gasteiger charge is 2.26. The number of aryl methyl sites for hydroxylation is 1. The summed E-state index contributed by atoms with van der Waals surface area (Å²) in [4.78, 5) is 19.1. The van der Waals surface area contributed by atoms with Gasteiger partial charge in [-0.3, -0.25) is 19.1 Å². The van der Waals surface area contributed by atoms with Gasteiger partial charge in [-0.15, -0.1) is 0 Å². The zero-order chi connectivity index (χ0) is 29.0. The molecule has 0 radical (unpaired) electrons. The third kappa shape index (κ3) is 3.81. The molecule has 210 valence electrons. The van der Waals surface area contributed by atoms with Gasteiger partial charge in [-0.1, -0.05) is 36.4 Å². The van der Waals surface area contributed by atoms with Crippen molar-refractivity contribution in [2.75, 3.05) is 0 Å². The lowest BCUT2D eigenvalue weighted by Crippen LogP contribution is -2.08. The average Bonchev–Trinajstić information content (AvgIpc) is 3.62. The van der Waals surface area contributed by atoms with Crippen LogP contribution in [-0.2, 0) is 12.8 Å². The maximum Gasteiger partial charge on any atom is 0.137 e. The molecule has 8 aromatic rings. The highest BCUT2D eigenvalue weighted by atomic mass is 15.1. The van der Waals surface area contributed by atoms with Crippen LogP contribution in [0.1, 0.15) is 24.1 Å². The van der Waals surface area contributed by atoms with Crippen molar-refractivity contribution in [3.63, 3.8) is 0 Å². The normalized spacial score (nSPS) is 13.1. The predicted octanol–water partition coefficient (Wildman–Crippen LogP) is 8.52. The van der Waals surface area contributed by atoms with Gasteiger partial charge in [-0.25, -0.2) is 9.97 Å². The average molecular weight is 569 g/mol. The lowest BCUT2D eigenvalue weighted by atomic mass is 9.94. The molecule has 6 heterocycles. The lowest BCUT2D eigenvalue weighted by molar-refractivity contribution is 0.665. The molecule has 0 amide bonds. The summed E-state index contributed by atoms with van der Waals surface area (Å²) in [6.45, 7) is 0. The van der Waals surface area contributed by atoms with Gasteiger partial charge in [-0.05, 0) is 91.9 Å². The standard InChI is InChI=1S/C38H28N6/c1-3-13-32-27(9-1)28-17-18-34-37(38(28)44(32)36-20-16-26(24-42-36)31-12-6-8-22-40-31)29-10-2-4-14-33(29)43(34)35-19-15-25(23-41-35)30-11-5-7-21-39-30/h1,3,5-9,11-13,15-24H,2,4,10,14H2. The Morgan fingerprint density at radius 2 is 1.16 bits per heavy atom. The summed E-state index contributed by atoms with van der Waals surface area (Å²) in [5.41, 5.74) is 10.2. The fourth-order valence-electron chi connectivity index (χ4n) is 6.99. The van der Waals surface area contributed by atoms with Crippen molar-refractivity contribution in [2.24, 2.45) is 0 Å². The van der Waals surface area contributed by atoms with E-state index in [-0.39, 0.29) is 0 Å². The summed E-state index contributed by atoms with van der Waals surface area (Å²) in [7, 11) is 0. The Labute approximate surface area is 254 Å². The van der Waals surface area contributed by atoms with Gasteiger partial charge in [-0.2, -0.15) is 0 Å². The highest BCUT2D eigenvalue weighted by Crippen LogP contribution is 2.42. The van der Waals surface area contributed by atoms with Crippen molar-refractivity contribution in [2.45, 2.75) is 25.7 Å². The number of benzene rings is 2. The predicted molar refractivity (Wildman–Crippen MR) is 176 cm³/mol. The molecule has 1 aliphatic rings. The number of pyridine rings is 4. The number of fused-ring (bicyclic) bond motifs is 7. The Kier molecular flexibility index (Phi) is 5.66. The van der Waals surface area contributed by atoms with Crippen molar-refractivity contribution in [1.82, 2.24) is 29.1 Å². The number of hydrogen-bond acceptors (Lipinski definition) is 4. The van der Waals surface area contributed by atoms with Crippen molar-refractivity contribution < 1.29 is 0 Å². The lowest BCUT2D eigenvalue weighted by Gasteiger charge is -2.15. The van der Waals surface area contributed by atoms with E-state index in [9.17, 15) is 0 Å². The van der Waals surface area contributed by atoms with Gasteiger partial charge in [0, 0.05) is 57.8 Å². The first-order chi connectivity index (χ1) is 21.8. The minimum atomic E-state index is 0.901. The molecule has 0 spiro atoms. The quantitative estimate of drug-likeness (QED) is 0.214. The molecule has 2 aromatic carbocycles. The Bertz CT molecular complexity index is 2300. The number of para-hydroxylation sites is 1. The second-order valence-electron chi connectivity index (χ2n) is 11.4. The van der Waals surface area contributed by atoms with E-state index in [4.69, 9.17) is 9.97 Å². The van der Waals surface area contributed by atoms with E-state index < -0.39 is 0 Å². The number of aromatic nitrogens is 6. The van der Waals surface area contributed by atoms with Crippen molar-refractivity contribution in [3.05, 3.63) is 133 Å². The molecule has 6 heteroatoms. The Morgan fingerprint density at radius 1 is 0.500 bits per heavy atom. The molecule has 9 rings (SSSR count). The van der Waals surface area contributed by atoms with Gasteiger partial charge < -0.3 is 0 Å². The molecule has 0 aliphatic heterocycles. The second-order valence-corrected chi connectivity index (χ2v) is 11.4. The molecule has 44 heavy (non-hydrogen) atoms. The van der Waals surface area contributed by atoms with E-state index >= 15 is 0 Å². The Hall–Kier alpha value is -5.62. The van der Waals surface area contributed by atoms with E-state index in [1.54, 1.807) is 0 Å². The van der Waals surface area contributed by atoms with Gasteiger partial charge in [0.15, 0.2) is 0 Å². The molecular formula is C38H28N6. The zero-order valence-corrected chi connectivity index (χ0v) is 24.1. The summed E-state index contributed by atoms with van der Waals surface area (Å²) < 4.78 is 4.75. The third-order valence-electron chi connectivity index (χ3n) is 8.94. The van der Waals surface area contributed by atoms with Crippen LogP contribution in [0.4, 0.5) is 0 Å². The largest absolute Gasteiger partial charge is 0.298 e. The number of nitrogens with zero attached hydrogens (tertiary/aromatic N) is 6. The monoisotopic (exact) mass is 568 g/mol. The molecule has 0 saturated carbocycles. The van der Waals surface area contributed by atoms with E-state index in [0.717, 1.165) is 52.5 Å². The Balaban J connectivity index is 1.30. The molecule has 1 aliphatic carbocycles. The number of hydrogen-bond donors (Lipinski definition) is 0. The van der Waals surface area contributed by atoms with Crippen LogP contribution in [0, 0.1) is 0 Å². The highest BCUT2D eigenvalue weighted by molar-refractivity contribution is 6.19. The van der Waals surface area contributed by atoms with Crippen LogP contribution in [0.15, 0.2) is 122 Å². The van der Waals surface area contributed by atoms with Gasteiger partial charge in [0.2, 0.25) is 0 Å². The van der Waals surface area contributed by atoms with Crippen LogP contribution in [0.3, 0.4) is 0 Å². The third-order valence-corrected chi connectivity index (χ3v) is 8.94. The fourth-order valence-corrected chi connectivity index (χ4v) is 6.99. The maximum absolute atomic E-state index is 5.02. The van der Waals surface area contributed by atoms with Crippen molar-refractivity contribution in [1.29, 1.82) is 0 Å². The van der Waals surface area contributed by atoms with E-state index in [1.807, 2.05) is 61.2 Å². The molecule has 0 saturated heterocycles. The molecule has 0 unspecified atom stereocenters. The summed E-state index contributed by atoms with van der Waals surface area (Å²) in [6.07, 6.45) is 12.0. The summed E-state index contributed by atoms with van der Waals surface area (Å²) >= 11 is 0. The van der Waals surface area contributed by atoms with Gasteiger partial charge in [0.25, 0.3) is 0 Å². The van der Waals surface area contributed by atoms with Gasteiger partial charge >= 0.3 is 0 Å². The first kappa shape index (κ1) is 24.9. The first-order valence-electron chi connectivity index (χ1n) is 15.2. The molecule has 0 N–H and O–H groups in total. The van der Waals surface area contributed by atoms with Crippen molar-refractivity contribution >= 4 is 32.7 Å². The summed E-state index contributed by atoms with van der Waals surface area (Å²) in [6, 6.07) is 33.7. The van der Waals surface area contributed by atoms with E-state index in [0.29, 0.717) is 0 Å². The summed E-state index contributed by atoms with van der Waals surface area (Å²) in [5, 5.41) is 3.78. The topological polar surface area (TPSA) is 61.4 Å². The minimum absolute atomic E-state index is 0.901. The van der Waals surface area contributed by atoms with Gasteiger partial charge in [0.1, 0.15) is 11.6 Å². The summed E-state index contributed by atoms with van der Waals surface area (Å²) in [5.74, 6) is 1.84. The van der Waals surface area contributed by atoms with Gasteiger partial charge in [0.05, 0.1) is 27.9 Å².